The van der Waals surface area contributed by atoms with Gasteiger partial charge in [-0.25, -0.2) is 37.5 Å². The molecule has 4 heterocycles. The minimum Gasteiger partial charge on any atom is -0.481 e. The van der Waals surface area contributed by atoms with Crippen LogP contribution in [0.3, 0.4) is 0 Å². The number of alkyl halides is 6. The van der Waals surface area contributed by atoms with Crippen LogP contribution in [0.5, 0.6) is 0 Å². The number of carbonyl (C=O) groups is 6. The van der Waals surface area contributed by atoms with Gasteiger partial charge in [0.1, 0.15) is 46.6 Å². The molecule has 2 aliphatic heterocycles. The number of halogens is 10. The molecule has 22 nitrogen and oxygen atoms in total. The zero-order valence-electron chi connectivity index (χ0n) is 39.0. The molecule has 408 valence electrons. The van der Waals surface area contributed by atoms with E-state index in [1.165, 1.54) is 13.8 Å². The Bertz CT molecular complexity index is 3160. The van der Waals surface area contributed by atoms with Crippen LogP contribution >= 0.6 is 46.7 Å². The van der Waals surface area contributed by atoms with Gasteiger partial charge in [-0.15, -0.1) is 0 Å². The first kappa shape index (κ1) is 59.6. The molecule has 2 aromatic heterocycles. The number of aliphatic imine (C=N–C) groups is 2. The van der Waals surface area contributed by atoms with Gasteiger partial charge in [0.05, 0.1) is 52.4 Å². The number of aliphatic carboxylic acids is 1. The van der Waals surface area contributed by atoms with E-state index < -0.39 is 141 Å². The van der Waals surface area contributed by atoms with Crippen molar-refractivity contribution >= 4 is 104 Å². The second kappa shape index (κ2) is 23.7. The van der Waals surface area contributed by atoms with Gasteiger partial charge in [0, 0.05) is 32.6 Å². The van der Waals surface area contributed by atoms with Crippen LogP contribution in [0.1, 0.15) is 38.1 Å². The van der Waals surface area contributed by atoms with Crippen molar-refractivity contribution in [2.75, 3.05) is 26.3 Å². The highest BCUT2D eigenvalue weighted by molar-refractivity contribution is 8.15. The van der Waals surface area contributed by atoms with E-state index in [1.54, 1.807) is 0 Å². The first-order valence-corrected chi connectivity index (χ1v) is 23.6. The lowest BCUT2D eigenvalue weighted by Crippen LogP contribution is -2.41. The Hall–Kier alpha value is -7.32. The smallest absolute Gasteiger partial charge is 0.431 e. The summed E-state index contributed by atoms with van der Waals surface area (Å²) >= 11 is 13.5. The van der Waals surface area contributed by atoms with Crippen LogP contribution in [-0.4, -0.2) is 116 Å². The SMILES string of the molecule is CCOC(=O)CN1C(=O)C(CC(=O)O)SC1=Nc1cc(-n2c(=O)cc(C(F)(F)F)n(C)c2=O)c(F)cc1Cl.CCOC(=O)CN1C(=O)C(CC(N)=O)SC1=Nc1cc(-n2c(=O)cc(C(F)(F)F)n(C)c2=O)c(F)cc1Cl. The number of rotatable bonds is 14. The van der Waals surface area contributed by atoms with Gasteiger partial charge in [0.25, 0.3) is 11.1 Å². The number of benzene rings is 2. The van der Waals surface area contributed by atoms with Crippen molar-refractivity contribution in [3.05, 3.63) is 111 Å². The summed E-state index contributed by atoms with van der Waals surface area (Å²) in [5, 5.41) is 5.72. The summed E-state index contributed by atoms with van der Waals surface area (Å²) in [5.41, 5.74) is -6.11. The van der Waals surface area contributed by atoms with Crippen molar-refractivity contribution in [2.45, 2.75) is 49.5 Å². The van der Waals surface area contributed by atoms with Gasteiger partial charge in [-0.2, -0.15) is 26.3 Å². The van der Waals surface area contributed by atoms with Crippen molar-refractivity contribution in [2.24, 2.45) is 29.8 Å². The lowest BCUT2D eigenvalue weighted by atomic mass is 10.2. The molecule has 0 radical (unpaired) electrons. The second-order valence-electron chi connectivity index (χ2n) is 15.3. The second-order valence-corrected chi connectivity index (χ2v) is 18.5. The Morgan fingerprint density at radius 3 is 1.32 bits per heavy atom. The minimum atomic E-state index is -5.04. The van der Waals surface area contributed by atoms with Gasteiger partial charge in [-0.1, -0.05) is 46.7 Å². The number of amides is 3. The Morgan fingerprint density at radius 1 is 0.645 bits per heavy atom. The van der Waals surface area contributed by atoms with Crippen LogP contribution in [0.4, 0.5) is 46.5 Å². The number of aromatic nitrogens is 4. The number of carboxylic acid groups (broad SMARTS) is 1. The van der Waals surface area contributed by atoms with E-state index in [1.807, 2.05) is 0 Å². The predicted molar refractivity (Wildman–Crippen MR) is 254 cm³/mol. The summed E-state index contributed by atoms with van der Waals surface area (Å²) in [4.78, 5) is 132. The number of nitrogens with zero attached hydrogens (tertiary/aromatic N) is 8. The highest BCUT2D eigenvalue weighted by Crippen LogP contribution is 2.38. The topological polar surface area (TPSA) is 286 Å². The maximum Gasteiger partial charge on any atom is 0.431 e. The lowest BCUT2D eigenvalue weighted by molar-refractivity contribution is -0.146. The number of carbonyl (C=O) groups excluding carboxylic acids is 5. The van der Waals surface area contributed by atoms with Gasteiger partial charge in [-0.05, 0) is 38.1 Å². The van der Waals surface area contributed by atoms with Crippen molar-refractivity contribution in [3.8, 4) is 11.4 Å². The molecule has 0 bridgehead atoms. The van der Waals surface area contributed by atoms with Crippen LogP contribution < -0.4 is 28.2 Å². The molecule has 4 aromatic rings. The van der Waals surface area contributed by atoms with Crippen molar-refractivity contribution in [1.82, 2.24) is 28.1 Å². The van der Waals surface area contributed by atoms with E-state index in [4.69, 9.17) is 43.5 Å². The summed E-state index contributed by atoms with van der Waals surface area (Å²) < 4.78 is 119. The molecule has 2 aromatic carbocycles. The quantitative estimate of drug-likeness (QED) is 0.133. The molecular weight excluding hydrogens is 1130 g/mol. The Kier molecular flexibility index (Phi) is 18.6. The number of thioether (sulfide) groups is 2. The van der Waals surface area contributed by atoms with Crippen LogP contribution in [0.25, 0.3) is 11.4 Å². The summed E-state index contributed by atoms with van der Waals surface area (Å²) in [6.07, 6.45) is -11.1. The van der Waals surface area contributed by atoms with Gasteiger partial charge >= 0.3 is 41.6 Å². The van der Waals surface area contributed by atoms with Crippen LogP contribution in [-0.2, 0) is 64.7 Å². The average Bonchev–Trinajstić information content (AvgIpc) is 3.73. The molecule has 0 aliphatic carbocycles. The summed E-state index contributed by atoms with van der Waals surface area (Å²) in [5.74, 6) is -7.73. The Balaban J connectivity index is 0.000000281. The number of nitrogens with two attached hydrogens (primary N) is 1. The van der Waals surface area contributed by atoms with E-state index in [0.717, 1.165) is 47.8 Å². The van der Waals surface area contributed by atoms with Gasteiger partial charge < -0.3 is 20.3 Å². The molecule has 34 heteroatoms. The predicted octanol–water partition coefficient (Wildman–Crippen LogP) is 4.03. The Labute approximate surface area is 437 Å². The van der Waals surface area contributed by atoms with E-state index in [9.17, 15) is 83.1 Å². The summed E-state index contributed by atoms with van der Waals surface area (Å²) in [7, 11) is 1.50. The van der Waals surface area contributed by atoms with E-state index in [2.05, 4.69) is 9.98 Å². The molecule has 2 saturated heterocycles. The third kappa shape index (κ3) is 13.4. The molecule has 0 saturated carbocycles. The van der Waals surface area contributed by atoms with E-state index >= 15 is 0 Å². The van der Waals surface area contributed by atoms with Crippen LogP contribution in [0.15, 0.2) is 65.6 Å². The summed E-state index contributed by atoms with van der Waals surface area (Å²) in [6.45, 7) is 1.82. The molecule has 0 spiro atoms. The number of esters is 2. The van der Waals surface area contributed by atoms with Crippen molar-refractivity contribution < 1.29 is 78.5 Å². The normalized spacial score (nSPS) is 16.8. The van der Waals surface area contributed by atoms with Crippen molar-refractivity contribution in [1.29, 1.82) is 0 Å². The highest BCUT2D eigenvalue weighted by atomic mass is 35.5. The molecule has 2 fully saturated rings. The number of ether oxygens (including phenoxy) is 2. The van der Waals surface area contributed by atoms with Crippen LogP contribution in [0.2, 0.25) is 10.0 Å². The first-order valence-electron chi connectivity index (χ1n) is 21.0. The van der Waals surface area contributed by atoms with E-state index in [-0.39, 0.29) is 75.4 Å². The molecule has 2 aliphatic rings. The molecule has 3 amide bonds. The molecule has 76 heavy (non-hydrogen) atoms. The average molecular weight is 1160 g/mol. The molecular formula is C42H35Cl2F8N9O13S2. The largest absolute Gasteiger partial charge is 0.481 e. The highest BCUT2D eigenvalue weighted by Gasteiger charge is 2.42. The third-order valence-corrected chi connectivity index (χ3v) is 13.1. The summed E-state index contributed by atoms with van der Waals surface area (Å²) in [6, 6.07) is 3.16. The number of amidine groups is 2. The zero-order valence-corrected chi connectivity index (χ0v) is 42.1. The number of primary amides is 1. The maximum absolute atomic E-state index is 14.8. The third-order valence-electron chi connectivity index (χ3n) is 10.1. The van der Waals surface area contributed by atoms with Crippen molar-refractivity contribution in [3.63, 3.8) is 0 Å². The van der Waals surface area contributed by atoms with Crippen LogP contribution in [0, 0.1) is 11.6 Å². The minimum absolute atomic E-state index is 0.00911. The standard InChI is InChI=1S/C21H18ClF4N5O6S.C21H17ClF4N4O7S/c1-3-37-17(34)8-30-18(35)13(6-15(27)32)38-19(30)28-11-5-12(10(23)4-9(11)22)31-16(33)7-14(21(24,25)26)29(2)20(31)36;1-3-37-17(34)8-29-18(35)13(6-16(32)33)38-19(29)27-11-5-12(10(23)4-9(11)22)30-15(31)7-14(21(24,25)26)28(2)20(30)36/h4-5,7,13H,3,6,8H2,1-2H3,(H2,27,32);4-5,7,13H,3,6,8H2,1-2H3,(H,32,33). The van der Waals surface area contributed by atoms with Gasteiger partial charge in [0.15, 0.2) is 10.3 Å². The van der Waals surface area contributed by atoms with Gasteiger partial charge in [-0.3, -0.25) is 57.3 Å². The maximum atomic E-state index is 14.8. The fraction of sp³-hybridized carbons (Fsp3) is 0.333. The van der Waals surface area contributed by atoms with Gasteiger partial charge in [0.2, 0.25) is 17.7 Å². The Morgan fingerprint density at radius 2 is 1.00 bits per heavy atom. The monoisotopic (exact) mass is 1160 g/mol. The molecule has 2 atom stereocenters. The molecule has 6 rings (SSSR count). The number of carboxylic acids is 1. The number of hydrogen-bond acceptors (Lipinski definition) is 16. The first-order chi connectivity index (χ1) is 35.3. The number of hydrogen-bond donors (Lipinski definition) is 2. The zero-order chi connectivity index (χ0) is 57.0. The van der Waals surface area contributed by atoms with E-state index in [0.29, 0.717) is 23.9 Å². The molecule has 2 unspecified atom stereocenters. The lowest BCUT2D eigenvalue weighted by Gasteiger charge is -2.16. The fourth-order valence-corrected chi connectivity index (χ4v) is 9.46. The molecule has 3 N–H and O–H groups in total. The fourth-order valence-electron chi connectivity index (χ4n) is 6.77.